The Morgan fingerprint density at radius 2 is 2.07 bits per heavy atom. The number of para-hydroxylation sites is 2. The van der Waals surface area contributed by atoms with Crippen LogP contribution >= 0.6 is 0 Å². The third-order valence-corrected chi connectivity index (χ3v) is 5.02. The number of ether oxygens (including phenoxy) is 1. The van der Waals surface area contributed by atoms with Gasteiger partial charge in [-0.15, -0.1) is 0 Å². The molecule has 0 spiro atoms. The molecule has 2 heterocycles. The molecule has 7 nitrogen and oxygen atoms in total. The number of hydrogen-bond acceptors (Lipinski definition) is 4. The first-order chi connectivity index (χ1) is 13.4. The Bertz CT molecular complexity index is 1090. The maximum absolute atomic E-state index is 12.9. The Labute approximate surface area is 162 Å². The lowest BCUT2D eigenvalue weighted by molar-refractivity contribution is -0.146. The van der Waals surface area contributed by atoms with Gasteiger partial charge in [-0.3, -0.25) is 9.59 Å². The number of aromatic nitrogens is 2. The molecule has 1 aliphatic heterocycles. The molecule has 0 aliphatic carbocycles. The van der Waals surface area contributed by atoms with Crippen molar-refractivity contribution in [2.45, 2.75) is 39.5 Å². The summed E-state index contributed by atoms with van der Waals surface area (Å²) in [6.45, 7) is 6.36. The van der Waals surface area contributed by atoms with Crippen LogP contribution in [-0.2, 0) is 22.7 Å². The number of fused-ring (bicyclic) bond motifs is 2. The number of imidazole rings is 1. The smallest absolute Gasteiger partial charge is 0.278 e. The summed E-state index contributed by atoms with van der Waals surface area (Å²) in [5.74, 6) is 0.203. The molecule has 0 fully saturated rings. The molecule has 2 aromatic carbocycles. The van der Waals surface area contributed by atoms with Crippen LogP contribution < -0.4 is 15.4 Å². The number of nitrogens with one attached hydrogen (secondary N) is 2. The largest absolute Gasteiger partial charge is 0.466 e. The van der Waals surface area contributed by atoms with E-state index < -0.39 is 17.4 Å². The maximum atomic E-state index is 12.9. The predicted molar refractivity (Wildman–Crippen MR) is 106 cm³/mol. The molecule has 28 heavy (non-hydrogen) atoms. The fourth-order valence-electron chi connectivity index (χ4n) is 3.43. The average Bonchev–Trinajstić information content (AvgIpc) is 3.04. The molecule has 1 aliphatic rings. The molecule has 4 rings (SSSR count). The van der Waals surface area contributed by atoms with Gasteiger partial charge in [-0.2, -0.15) is 0 Å². The van der Waals surface area contributed by atoms with Crippen LogP contribution in [0, 0.1) is 6.92 Å². The summed E-state index contributed by atoms with van der Waals surface area (Å²) < 4.78 is 7.84. The van der Waals surface area contributed by atoms with Gasteiger partial charge < -0.3 is 19.9 Å². The van der Waals surface area contributed by atoms with E-state index in [1.165, 1.54) is 6.92 Å². The summed E-state index contributed by atoms with van der Waals surface area (Å²) in [7, 11) is 0. The highest BCUT2D eigenvalue weighted by Gasteiger charge is 2.47. The maximum Gasteiger partial charge on any atom is 0.278 e. The highest BCUT2D eigenvalue weighted by atomic mass is 16.5. The summed E-state index contributed by atoms with van der Waals surface area (Å²) >= 11 is 0. The van der Waals surface area contributed by atoms with Crippen LogP contribution in [0.3, 0.4) is 0 Å². The monoisotopic (exact) mass is 378 g/mol. The second-order valence-electron chi connectivity index (χ2n) is 7.03. The Hall–Kier alpha value is -3.35. The average molecular weight is 378 g/mol. The number of nitrogens with zero attached hydrogens (tertiary/aromatic N) is 2. The molecule has 1 aromatic heterocycles. The lowest BCUT2D eigenvalue weighted by atomic mass is 10.0. The SMILES string of the molecule is CCn1c(CNC(=O)C2(C)Oc3ccc(C)cc3NC2=O)nc2ccccc21. The molecule has 2 amide bonds. The molecule has 1 unspecified atom stereocenters. The molecule has 0 radical (unpaired) electrons. The normalized spacial score (nSPS) is 18.3. The van der Waals surface area contributed by atoms with Gasteiger partial charge in [-0.25, -0.2) is 4.98 Å². The number of benzene rings is 2. The number of carbonyl (C=O) groups is 2. The highest BCUT2D eigenvalue weighted by Crippen LogP contribution is 2.34. The minimum absolute atomic E-state index is 0.203. The minimum atomic E-state index is -1.65. The van der Waals surface area contributed by atoms with Crippen molar-refractivity contribution in [3.8, 4) is 5.75 Å². The van der Waals surface area contributed by atoms with Crippen molar-refractivity contribution in [2.24, 2.45) is 0 Å². The van der Waals surface area contributed by atoms with E-state index in [9.17, 15) is 9.59 Å². The zero-order valence-electron chi connectivity index (χ0n) is 16.1. The van der Waals surface area contributed by atoms with E-state index in [4.69, 9.17) is 4.74 Å². The van der Waals surface area contributed by atoms with Gasteiger partial charge in [0, 0.05) is 6.54 Å². The summed E-state index contributed by atoms with van der Waals surface area (Å²) in [6.07, 6.45) is 0. The molecule has 1 atom stereocenters. The van der Waals surface area contributed by atoms with Gasteiger partial charge in [0.05, 0.1) is 23.3 Å². The van der Waals surface area contributed by atoms with Gasteiger partial charge in [0.15, 0.2) is 0 Å². The number of rotatable bonds is 4. The Morgan fingerprint density at radius 3 is 2.86 bits per heavy atom. The van der Waals surface area contributed by atoms with Crippen molar-refractivity contribution < 1.29 is 14.3 Å². The Balaban J connectivity index is 1.55. The van der Waals surface area contributed by atoms with Crippen molar-refractivity contribution >= 4 is 28.5 Å². The number of carbonyl (C=O) groups excluding carboxylic acids is 2. The lowest BCUT2D eigenvalue weighted by Crippen LogP contribution is -2.58. The van der Waals surface area contributed by atoms with Crippen molar-refractivity contribution in [3.63, 3.8) is 0 Å². The number of amides is 2. The third-order valence-electron chi connectivity index (χ3n) is 5.02. The van der Waals surface area contributed by atoms with Crippen molar-refractivity contribution in [1.82, 2.24) is 14.9 Å². The van der Waals surface area contributed by atoms with Crippen LogP contribution in [0.5, 0.6) is 5.75 Å². The minimum Gasteiger partial charge on any atom is -0.466 e. The second kappa shape index (κ2) is 6.67. The first kappa shape index (κ1) is 18.0. The summed E-state index contributed by atoms with van der Waals surface area (Å²) in [4.78, 5) is 30.0. The van der Waals surface area contributed by atoms with E-state index in [-0.39, 0.29) is 6.54 Å². The molecular formula is C21H22N4O3. The number of aryl methyl sites for hydroxylation is 2. The fraction of sp³-hybridized carbons (Fsp3) is 0.286. The lowest BCUT2D eigenvalue weighted by Gasteiger charge is -2.33. The second-order valence-corrected chi connectivity index (χ2v) is 7.03. The van der Waals surface area contributed by atoms with Gasteiger partial charge >= 0.3 is 0 Å². The predicted octanol–water partition coefficient (Wildman–Crippen LogP) is 2.77. The van der Waals surface area contributed by atoms with Gasteiger partial charge in [-0.05, 0) is 50.6 Å². The van der Waals surface area contributed by atoms with Crippen LogP contribution in [0.2, 0.25) is 0 Å². The quantitative estimate of drug-likeness (QED) is 0.684. The molecular weight excluding hydrogens is 356 g/mol. The first-order valence-electron chi connectivity index (χ1n) is 9.26. The third kappa shape index (κ3) is 2.89. The number of anilines is 1. The van der Waals surface area contributed by atoms with E-state index in [1.807, 2.05) is 54.8 Å². The van der Waals surface area contributed by atoms with Crippen LogP contribution in [0.4, 0.5) is 5.69 Å². The zero-order valence-corrected chi connectivity index (χ0v) is 16.1. The summed E-state index contributed by atoms with van der Waals surface area (Å²) in [6, 6.07) is 13.3. The van der Waals surface area contributed by atoms with Crippen LogP contribution in [-0.4, -0.2) is 27.0 Å². The highest BCUT2D eigenvalue weighted by molar-refractivity contribution is 6.15. The van der Waals surface area contributed by atoms with Crippen molar-refractivity contribution in [2.75, 3.05) is 5.32 Å². The molecule has 0 saturated carbocycles. The van der Waals surface area contributed by atoms with Crippen LogP contribution in [0.1, 0.15) is 25.2 Å². The zero-order chi connectivity index (χ0) is 19.9. The summed E-state index contributed by atoms with van der Waals surface area (Å²) in [5, 5.41) is 5.58. The van der Waals surface area contributed by atoms with E-state index in [2.05, 4.69) is 15.6 Å². The molecule has 0 bridgehead atoms. The number of hydrogen-bond donors (Lipinski definition) is 2. The standard InChI is InChI=1S/C21H22N4O3/c1-4-25-16-8-6-5-7-14(16)23-18(25)12-22-19(26)21(3)20(27)24-15-11-13(2)9-10-17(15)28-21/h5-11H,4,12H2,1-3H3,(H,22,26)(H,24,27). The molecule has 7 heteroatoms. The molecule has 2 N–H and O–H groups in total. The van der Waals surface area contributed by atoms with E-state index in [0.717, 1.165) is 29.0 Å². The van der Waals surface area contributed by atoms with Gasteiger partial charge in [0.25, 0.3) is 17.4 Å². The topological polar surface area (TPSA) is 85.3 Å². The Kier molecular flexibility index (Phi) is 4.30. The van der Waals surface area contributed by atoms with E-state index >= 15 is 0 Å². The summed E-state index contributed by atoms with van der Waals surface area (Å²) in [5.41, 5.74) is 1.80. The first-order valence-corrected chi connectivity index (χ1v) is 9.26. The van der Waals surface area contributed by atoms with E-state index in [1.54, 1.807) is 6.07 Å². The molecule has 0 saturated heterocycles. The molecule has 144 valence electrons. The Morgan fingerprint density at radius 1 is 1.29 bits per heavy atom. The van der Waals surface area contributed by atoms with E-state index in [0.29, 0.717) is 11.4 Å². The fourth-order valence-corrected chi connectivity index (χ4v) is 3.43. The van der Waals surface area contributed by atoms with Crippen molar-refractivity contribution in [3.05, 3.63) is 53.9 Å². The van der Waals surface area contributed by atoms with Gasteiger partial charge in [0.2, 0.25) is 0 Å². The molecule has 3 aromatic rings. The van der Waals surface area contributed by atoms with Gasteiger partial charge in [-0.1, -0.05) is 18.2 Å². The van der Waals surface area contributed by atoms with Gasteiger partial charge in [0.1, 0.15) is 11.6 Å². The van der Waals surface area contributed by atoms with Crippen LogP contribution in [0.25, 0.3) is 11.0 Å². The van der Waals surface area contributed by atoms with Crippen LogP contribution in [0.15, 0.2) is 42.5 Å². The van der Waals surface area contributed by atoms with Crippen molar-refractivity contribution in [1.29, 1.82) is 0 Å².